The molecule has 33 heavy (non-hydrogen) atoms. The van der Waals surface area contributed by atoms with Crippen LogP contribution in [0.3, 0.4) is 0 Å². The Bertz CT molecular complexity index is 1190. The number of hydrogen-bond acceptors (Lipinski definition) is 5. The average Bonchev–Trinajstić information content (AvgIpc) is 3.41. The minimum Gasteiger partial charge on any atom is -0.374 e. The Labute approximate surface area is 191 Å². The summed E-state index contributed by atoms with van der Waals surface area (Å²) in [6, 6.07) is 23.4. The maximum Gasteiger partial charge on any atom is 0.160 e. The van der Waals surface area contributed by atoms with E-state index in [1.54, 1.807) is 4.52 Å². The van der Waals surface area contributed by atoms with Gasteiger partial charge in [-0.2, -0.15) is 5.10 Å². The zero-order valence-electron chi connectivity index (χ0n) is 18.4. The molecule has 6 nitrogen and oxygen atoms in total. The van der Waals surface area contributed by atoms with Gasteiger partial charge in [0.05, 0.1) is 36.7 Å². The van der Waals surface area contributed by atoms with Crippen LogP contribution >= 0.6 is 0 Å². The van der Waals surface area contributed by atoms with Crippen molar-refractivity contribution in [2.75, 3.05) is 6.61 Å². The normalized spacial score (nSPS) is 22.7. The first-order valence-corrected chi connectivity index (χ1v) is 11.1. The van der Waals surface area contributed by atoms with Crippen LogP contribution in [0.4, 0.5) is 4.39 Å². The number of ether oxygens (including phenoxy) is 3. The van der Waals surface area contributed by atoms with Crippen LogP contribution in [0.15, 0.2) is 79.1 Å². The summed E-state index contributed by atoms with van der Waals surface area (Å²) < 4.78 is 35.6. The van der Waals surface area contributed by atoms with Crippen LogP contribution in [-0.4, -0.2) is 39.6 Å². The minimum absolute atomic E-state index is 0.225. The highest BCUT2D eigenvalue weighted by molar-refractivity contribution is 5.52. The van der Waals surface area contributed by atoms with Gasteiger partial charge in [0.1, 0.15) is 24.6 Å². The molecule has 1 aliphatic rings. The lowest BCUT2D eigenvalue weighted by Gasteiger charge is -2.20. The number of rotatable bonds is 8. The van der Waals surface area contributed by atoms with E-state index < -0.39 is 24.5 Å². The van der Waals surface area contributed by atoms with E-state index >= 15 is 4.39 Å². The third-order valence-corrected chi connectivity index (χ3v) is 5.94. The quantitative estimate of drug-likeness (QED) is 0.395. The summed E-state index contributed by atoms with van der Waals surface area (Å²) in [5.74, 6) is 0. The lowest BCUT2D eigenvalue weighted by molar-refractivity contribution is -0.0741. The second kappa shape index (κ2) is 9.79. The highest BCUT2D eigenvalue weighted by Crippen LogP contribution is 2.38. The Balaban J connectivity index is 1.35. The van der Waals surface area contributed by atoms with Crippen molar-refractivity contribution in [1.82, 2.24) is 14.6 Å². The van der Waals surface area contributed by atoms with Crippen LogP contribution in [0.2, 0.25) is 0 Å². The van der Waals surface area contributed by atoms with Crippen molar-refractivity contribution in [3.63, 3.8) is 0 Å². The number of aryl methyl sites for hydroxylation is 1. The number of halogens is 1. The molecular formula is C26H26FN3O3. The molecular weight excluding hydrogens is 421 g/mol. The van der Waals surface area contributed by atoms with Gasteiger partial charge in [-0.3, -0.25) is 0 Å². The second-order valence-corrected chi connectivity index (χ2v) is 8.20. The van der Waals surface area contributed by atoms with Crippen molar-refractivity contribution in [1.29, 1.82) is 0 Å². The third-order valence-electron chi connectivity index (χ3n) is 5.94. The zero-order valence-corrected chi connectivity index (χ0v) is 18.4. The van der Waals surface area contributed by atoms with Gasteiger partial charge in [-0.25, -0.2) is 13.9 Å². The fourth-order valence-electron chi connectivity index (χ4n) is 4.21. The molecule has 0 spiro atoms. The smallest absolute Gasteiger partial charge is 0.160 e. The molecule has 3 heterocycles. The predicted molar refractivity (Wildman–Crippen MR) is 121 cm³/mol. The first-order chi connectivity index (χ1) is 16.2. The number of fused-ring (bicyclic) bond motifs is 1. The van der Waals surface area contributed by atoms with Gasteiger partial charge < -0.3 is 14.2 Å². The van der Waals surface area contributed by atoms with Crippen LogP contribution in [0.1, 0.15) is 28.6 Å². The third kappa shape index (κ3) is 4.66. The van der Waals surface area contributed by atoms with Crippen molar-refractivity contribution in [2.45, 2.75) is 44.6 Å². The topological polar surface area (TPSA) is 57.9 Å². The number of alkyl halides is 1. The van der Waals surface area contributed by atoms with E-state index in [1.165, 1.54) is 6.33 Å². The van der Waals surface area contributed by atoms with Gasteiger partial charge in [0, 0.05) is 0 Å². The van der Waals surface area contributed by atoms with Crippen LogP contribution < -0.4 is 0 Å². The molecule has 0 saturated carbocycles. The summed E-state index contributed by atoms with van der Waals surface area (Å²) in [6.45, 7) is 2.85. The lowest BCUT2D eigenvalue weighted by atomic mass is 10.1. The molecule has 1 saturated heterocycles. The Hall–Kier alpha value is -3.13. The molecule has 4 aromatic rings. The number of nitrogens with zero attached hydrogens (tertiary/aromatic N) is 3. The van der Waals surface area contributed by atoms with E-state index in [0.717, 1.165) is 22.3 Å². The predicted octanol–water partition coefficient (Wildman–Crippen LogP) is 4.62. The Morgan fingerprint density at radius 3 is 2.36 bits per heavy atom. The zero-order chi connectivity index (χ0) is 22.6. The highest BCUT2D eigenvalue weighted by Gasteiger charge is 2.47. The summed E-state index contributed by atoms with van der Waals surface area (Å²) in [7, 11) is 0. The summed E-state index contributed by atoms with van der Waals surface area (Å²) >= 11 is 0. The summed E-state index contributed by atoms with van der Waals surface area (Å²) in [4.78, 5) is 4.22. The molecule has 5 rings (SSSR count). The molecule has 0 bridgehead atoms. The van der Waals surface area contributed by atoms with Gasteiger partial charge in [-0.1, -0.05) is 60.7 Å². The molecule has 0 aliphatic carbocycles. The maximum absolute atomic E-state index is 15.8. The molecule has 0 N–H and O–H groups in total. The van der Waals surface area contributed by atoms with E-state index in [4.69, 9.17) is 14.2 Å². The van der Waals surface area contributed by atoms with Gasteiger partial charge in [0.25, 0.3) is 0 Å². The highest BCUT2D eigenvalue weighted by atomic mass is 19.1. The van der Waals surface area contributed by atoms with Crippen molar-refractivity contribution in [3.05, 3.63) is 102 Å². The van der Waals surface area contributed by atoms with E-state index in [-0.39, 0.29) is 6.61 Å². The number of benzene rings is 2. The van der Waals surface area contributed by atoms with Gasteiger partial charge in [-0.15, -0.1) is 0 Å². The van der Waals surface area contributed by atoms with E-state index in [2.05, 4.69) is 10.1 Å². The van der Waals surface area contributed by atoms with Crippen LogP contribution in [0.25, 0.3) is 5.52 Å². The largest absolute Gasteiger partial charge is 0.374 e. The van der Waals surface area contributed by atoms with E-state index in [0.29, 0.717) is 18.9 Å². The van der Waals surface area contributed by atoms with E-state index in [9.17, 15) is 0 Å². The second-order valence-electron chi connectivity index (χ2n) is 8.20. The molecule has 1 fully saturated rings. The van der Waals surface area contributed by atoms with Crippen molar-refractivity contribution in [2.24, 2.45) is 0 Å². The molecule has 7 heteroatoms. The Kier molecular flexibility index (Phi) is 6.44. The van der Waals surface area contributed by atoms with Gasteiger partial charge in [-0.05, 0) is 30.2 Å². The minimum atomic E-state index is -1.37. The summed E-state index contributed by atoms with van der Waals surface area (Å²) in [5.41, 5.74) is 4.32. The maximum atomic E-state index is 15.8. The van der Waals surface area contributed by atoms with Crippen molar-refractivity contribution in [3.8, 4) is 0 Å². The van der Waals surface area contributed by atoms with Crippen LogP contribution in [-0.2, 0) is 27.4 Å². The van der Waals surface area contributed by atoms with Crippen LogP contribution in [0.5, 0.6) is 0 Å². The monoisotopic (exact) mass is 447 g/mol. The first-order valence-electron chi connectivity index (χ1n) is 11.1. The molecule has 2 aromatic carbocycles. The molecule has 0 radical (unpaired) electrons. The molecule has 0 amide bonds. The Morgan fingerprint density at radius 2 is 1.64 bits per heavy atom. The fourth-order valence-corrected chi connectivity index (χ4v) is 4.21. The summed E-state index contributed by atoms with van der Waals surface area (Å²) in [5, 5.41) is 4.31. The number of aromatic nitrogens is 3. The van der Waals surface area contributed by atoms with Gasteiger partial charge in [0.2, 0.25) is 0 Å². The average molecular weight is 448 g/mol. The van der Waals surface area contributed by atoms with Crippen molar-refractivity contribution >= 4 is 5.52 Å². The number of hydrogen-bond donors (Lipinski definition) is 0. The van der Waals surface area contributed by atoms with E-state index in [1.807, 2.05) is 79.7 Å². The van der Waals surface area contributed by atoms with Crippen molar-refractivity contribution < 1.29 is 18.6 Å². The van der Waals surface area contributed by atoms with Gasteiger partial charge in [0.15, 0.2) is 6.17 Å². The van der Waals surface area contributed by atoms with Gasteiger partial charge >= 0.3 is 0 Å². The van der Waals surface area contributed by atoms with Crippen LogP contribution in [0, 0.1) is 6.92 Å². The molecule has 4 atom stereocenters. The molecule has 170 valence electrons. The molecule has 1 unspecified atom stereocenters. The fraction of sp³-hybridized carbons (Fsp3) is 0.308. The lowest BCUT2D eigenvalue weighted by Crippen LogP contribution is -2.34. The molecule has 2 aromatic heterocycles. The Morgan fingerprint density at radius 1 is 0.939 bits per heavy atom. The molecule has 1 aliphatic heterocycles. The SMILES string of the molecule is Cc1ncnn2c(C3O[C@H](COCc4ccccc4)[C@@H](OCc4ccccc4)[C@H]3F)ccc12. The summed E-state index contributed by atoms with van der Waals surface area (Å²) in [6.07, 6.45) is -2.02. The first kappa shape index (κ1) is 21.7. The standard InChI is InChI=1S/C26H26FN3O3/c1-18-21-12-13-22(30(21)29-17-28-18)25-24(27)26(32-15-20-10-6-3-7-11-20)23(33-25)16-31-14-19-8-4-2-5-9-19/h2-13,17,23-26H,14-16H2,1H3/t23-,24+,25?,26-/m1/s1.